The molecule has 19 heavy (non-hydrogen) atoms. The van der Waals surface area contributed by atoms with Crippen LogP contribution in [0.3, 0.4) is 0 Å². The minimum Gasteiger partial charge on any atom is -0.479 e. The first kappa shape index (κ1) is 17.2. The summed E-state index contributed by atoms with van der Waals surface area (Å²) >= 11 is 0. The summed E-state index contributed by atoms with van der Waals surface area (Å²) in [5.74, 6) is -2.02. The van der Waals surface area contributed by atoms with Crippen molar-refractivity contribution in [3.63, 3.8) is 0 Å². The minimum absolute atomic E-state index is 0.231. The maximum Gasteiger partial charge on any atom is 0.337 e. The number of nitrogens with one attached hydrogen (secondary N) is 1. The van der Waals surface area contributed by atoms with Crippen LogP contribution < -0.4 is 5.32 Å². The molecule has 2 amide bonds. The average molecular weight is 276 g/mol. The molecule has 0 radical (unpaired) electrons. The largest absolute Gasteiger partial charge is 0.479 e. The predicted octanol–water partition coefficient (Wildman–Crippen LogP) is -0.583. The van der Waals surface area contributed by atoms with E-state index >= 15 is 0 Å². The molecule has 0 bridgehead atoms. The molecule has 0 saturated carbocycles. The molecule has 0 saturated heterocycles. The molecule has 1 unspecified atom stereocenters. The molecule has 0 heterocycles. The van der Waals surface area contributed by atoms with Crippen LogP contribution in [0.5, 0.6) is 0 Å². The fraction of sp³-hybridized carbons (Fsp3) is 0.727. The summed E-state index contributed by atoms with van der Waals surface area (Å²) in [4.78, 5) is 34.7. The molecule has 0 aromatic rings. The second-order valence-electron chi connectivity index (χ2n) is 4.24. The Labute approximate surface area is 111 Å². The SMILES string of the molecule is CCCN(CC(=O)OC)C(=O)NCC(C)(O)C(=O)O. The summed E-state index contributed by atoms with van der Waals surface area (Å²) in [7, 11) is 1.21. The number of urea groups is 1. The van der Waals surface area contributed by atoms with Crippen molar-refractivity contribution in [3.05, 3.63) is 0 Å². The summed E-state index contributed by atoms with van der Waals surface area (Å²) in [5, 5.41) is 20.4. The molecule has 8 nitrogen and oxygen atoms in total. The van der Waals surface area contributed by atoms with Crippen LogP contribution in [0.25, 0.3) is 0 Å². The predicted molar refractivity (Wildman–Crippen MR) is 65.5 cm³/mol. The number of carboxylic acids is 1. The van der Waals surface area contributed by atoms with Gasteiger partial charge in [-0.1, -0.05) is 6.92 Å². The Balaban J connectivity index is 4.48. The Morgan fingerprint density at radius 3 is 2.37 bits per heavy atom. The third-order valence-corrected chi connectivity index (χ3v) is 2.37. The van der Waals surface area contributed by atoms with Crippen molar-refractivity contribution >= 4 is 18.0 Å². The van der Waals surface area contributed by atoms with Gasteiger partial charge >= 0.3 is 18.0 Å². The van der Waals surface area contributed by atoms with E-state index in [0.717, 1.165) is 6.92 Å². The number of carbonyl (C=O) groups is 3. The van der Waals surface area contributed by atoms with Crippen molar-refractivity contribution in [2.24, 2.45) is 0 Å². The lowest BCUT2D eigenvalue weighted by molar-refractivity contribution is -0.155. The molecule has 0 rings (SSSR count). The van der Waals surface area contributed by atoms with E-state index < -0.39 is 30.1 Å². The first-order valence-corrected chi connectivity index (χ1v) is 5.80. The van der Waals surface area contributed by atoms with E-state index in [1.807, 2.05) is 6.92 Å². The molecule has 0 spiro atoms. The molecule has 110 valence electrons. The molecule has 0 aromatic carbocycles. The van der Waals surface area contributed by atoms with Crippen molar-refractivity contribution in [3.8, 4) is 0 Å². The van der Waals surface area contributed by atoms with E-state index in [0.29, 0.717) is 13.0 Å². The average Bonchev–Trinajstić information content (AvgIpc) is 2.35. The van der Waals surface area contributed by atoms with E-state index in [1.165, 1.54) is 12.0 Å². The van der Waals surface area contributed by atoms with E-state index in [2.05, 4.69) is 10.1 Å². The van der Waals surface area contributed by atoms with Crippen molar-refractivity contribution in [1.29, 1.82) is 0 Å². The van der Waals surface area contributed by atoms with Gasteiger partial charge in [-0.3, -0.25) is 4.79 Å². The number of aliphatic hydroxyl groups is 1. The molecule has 1 atom stereocenters. The first-order chi connectivity index (χ1) is 8.74. The van der Waals surface area contributed by atoms with E-state index in [4.69, 9.17) is 5.11 Å². The molecule has 3 N–H and O–H groups in total. The second-order valence-corrected chi connectivity index (χ2v) is 4.24. The van der Waals surface area contributed by atoms with Gasteiger partial charge in [0, 0.05) is 6.54 Å². The van der Waals surface area contributed by atoms with Gasteiger partial charge in [0.2, 0.25) is 0 Å². The van der Waals surface area contributed by atoms with Gasteiger partial charge in [-0.25, -0.2) is 9.59 Å². The van der Waals surface area contributed by atoms with Crippen LogP contribution in [0.4, 0.5) is 4.79 Å². The maximum atomic E-state index is 11.8. The van der Waals surface area contributed by atoms with Crippen molar-refractivity contribution in [2.45, 2.75) is 25.9 Å². The number of hydrogen-bond donors (Lipinski definition) is 3. The van der Waals surface area contributed by atoms with Gasteiger partial charge in [-0.05, 0) is 13.3 Å². The number of nitrogens with zero attached hydrogens (tertiary/aromatic N) is 1. The number of carboxylic acid groups (broad SMARTS) is 1. The molecule has 0 aliphatic heterocycles. The number of carbonyl (C=O) groups excluding carboxylic acids is 2. The molecular weight excluding hydrogens is 256 g/mol. The lowest BCUT2D eigenvalue weighted by Gasteiger charge is -2.24. The summed E-state index contributed by atoms with van der Waals surface area (Å²) < 4.78 is 4.46. The van der Waals surface area contributed by atoms with Crippen molar-refractivity contribution < 1.29 is 29.3 Å². The topological polar surface area (TPSA) is 116 Å². The summed E-state index contributed by atoms with van der Waals surface area (Å²) in [5.41, 5.74) is -2.06. The van der Waals surface area contributed by atoms with Gasteiger partial charge in [-0.2, -0.15) is 0 Å². The Kier molecular flexibility index (Phi) is 6.84. The number of hydrogen-bond acceptors (Lipinski definition) is 5. The lowest BCUT2D eigenvalue weighted by atomic mass is 10.1. The molecular formula is C11H20N2O6. The van der Waals surface area contributed by atoms with Crippen LogP contribution in [0.15, 0.2) is 0 Å². The summed E-state index contributed by atoms with van der Waals surface area (Å²) in [6.07, 6.45) is 0.625. The van der Waals surface area contributed by atoms with Gasteiger partial charge < -0.3 is 25.2 Å². The Morgan fingerprint density at radius 2 is 1.95 bits per heavy atom. The van der Waals surface area contributed by atoms with Crippen molar-refractivity contribution in [1.82, 2.24) is 10.2 Å². The quantitative estimate of drug-likeness (QED) is 0.535. The standard InChI is InChI=1S/C11H20N2O6/c1-4-5-13(6-8(14)19-3)10(17)12-7-11(2,18)9(15)16/h18H,4-7H2,1-3H3,(H,12,17)(H,15,16). The fourth-order valence-electron chi connectivity index (χ4n) is 1.18. The highest BCUT2D eigenvalue weighted by Gasteiger charge is 2.31. The van der Waals surface area contributed by atoms with Gasteiger partial charge in [0.05, 0.1) is 13.7 Å². The Morgan fingerprint density at radius 1 is 1.37 bits per heavy atom. The molecule has 8 heteroatoms. The Bertz CT molecular complexity index is 342. The zero-order valence-corrected chi connectivity index (χ0v) is 11.3. The van der Waals surface area contributed by atoms with Gasteiger partial charge in [0.15, 0.2) is 5.60 Å². The number of rotatable bonds is 7. The summed E-state index contributed by atoms with van der Waals surface area (Å²) in [6, 6.07) is -0.631. The number of aliphatic carboxylic acids is 1. The highest BCUT2D eigenvalue weighted by molar-refractivity contribution is 5.82. The monoisotopic (exact) mass is 276 g/mol. The second kappa shape index (κ2) is 7.57. The van der Waals surface area contributed by atoms with E-state index in [-0.39, 0.29) is 6.54 Å². The Hall–Kier alpha value is -1.83. The fourth-order valence-corrected chi connectivity index (χ4v) is 1.18. The van der Waals surface area contributed by atoms with E-state index in [9.17, 15) is 19.5 Å². The number of ether oxygens (including phenoxy) is 1. The lowest BCUT2D eigenvalue weighted by Crippen LogP contribution is -2.51. The minimum atomic E-state index is -2.06. The van der Waals surface area contributed by atoms with Gasteiger partial charge in [0.25, 0.3) is 0 Å². The van der Waals surface area contributed by atoms with Crippen molar-refractivity contribution in [2.75, 3.05) is 26.7 Å². The van der Waals surface area contributed by atoms with Gasteiger partial charge in [-0.15, -0.1) is 0 Å². The summed E-state index contributed by atoms with van der Waals surface area (Å²) in [6.45, 7) is 2.52. The smallest absolute Gasteiger partial charge is 0.337 e. The number of methoxy groups -OCH3 is 1. The van der Waals surface area contributed by atoms with Crippen LogP contribution in [0, 0.1) is 0 Å². The van der Waals surface area contributed by atoms with Crippen LogP contribution >= 0.6 is 0 Å². The number of esters is 1. The maximum absolute atomic E-state index is 11.8. The molecule has 0 aromatic heterocycles. The number of amides is 2. The van der Waals surface area contributed by atoms with Crippen LogP contribution in [-0.2, 0) is 14.3 Å². The van der Waals surface area contributed by atoms with Crippen LogP contribution in [-0.4, -0.2) is 65.4 Å². The zero-order valence-electron chi connectivity index (χ0n) is 11.3. The van der Waals surface area contributed by atoms with Crippen LogP contribution in [0.1, 0.15) is 20.3 Å². The molecule has 0 fully saturated rings. The van der Waals surface area contributed by atoms with E-state index in [1.54, 1.807) is 0 Å². The third-order valence-electron chi connectivity index (χ3n) is 2.37. The van der Waals surface area contributed by atoms with Crippen LogP contribution in [0.2, 0.25) is 0 Å². The van der Waals surface area contributed by atoms with Gasteiger partial charge in [0.1, 0.15) is 6.54 Å². The first-order valence-electron chi connectivity index (χ1n) is 5.80. The normalized spacial score (nSPS) is 13.3. The zero-order chi connectivity index (χ0) is 15.1. The highest BCUT2D eigenvalue weighted by Crippen LogP contribution is 2.02. The molecule has 0 aliphatic carbocycles. The molecule has 0 aliphatic rings. The highest BCUT2D eigenvalue weighted by atomic mass is 16.5. The third kappa shape index (κ3) is 6.05.